The minimum absolute atomic E-state index is 0.0228. The van der Waals surface area contributed by atoms with E-state index in [0.717, 1.165) is 29.7 Å². The smallest absolute Gasteiger partial charge is 0.261 e. The summed E-state index contributed by atoms with van der Waals surface area (Å²) in [4.78, 5) is 18.0. The molecule has 0 radical (unpaired) electrons. The molecule has 0 aliphatic rings. The summed E-state index contributed by atoms with van der Waals surface area (Å²) in [5.74, 6) is 1.57. The van der Waals surface area contributed by atoms with Gasteiger partial charge in [-0.15, -0.1) is 0 Å². The van der Waals surface area contributed by atoms with E-state index in [1.165, 1.54) is 0 Å². The van der Waals surface area contributed by atoms with Gasteiger partial charge in [0.2, 0.25) is 0 Å². The van der Waals surface area contributed by atoms with Crippen LogP contribution >= 0.6 is 11.6 Å². The second-order valence-electron chi connectivity index (χ2n) is 7.24. The highest BCUT2D eigenvalue weighted by atomic mass is 35.5. The topological polar surface area (TPSA) is 44.1 Å². The molecular weight excluding hydrogens is 396 g/mol. The molecule has 4 aromatic rings. The van der Waals surface area contributed by atoms with E-state index in [0.29, 0.717) is 34.9 Å². The highest BCUT2D eigenvalue weighted by molar-refractivity contribution is 6.30. The lowest BCUT2D eigenvalue weighted by Crippen LogP contribution is -2.24. The maximum Gasteiger partial charge on any atom is 0.261 e. The van der Waals surface area contributed by atoms with Crippen LogP contribution in [0.15, 0.2) is 77.6 Å². The van der Waals surface area contributed by atoms with Crippen molar-refractivity contribution in [2.75, 3.05) is 6.61 Å². The molecule has 0 spiro atoms. The number of hydrogen-bond donors (Lipinski definition) is 0. The number of unbranched alkanes of at least 4 members (excludes halogenated alkanes) is 1. The molecule has 0 amide bonds. The van der Waals surface area contributed by atoms with Crippen LogP contribution in [0, 0.1) is 6.92 Å². The zero-order chi connectivity index (χ0) is 20.9. The first-order valence-corrected chi connectivity index (χ1v) is 10.5. The highest BCUT2D eigenvalue weighted by Gasteiger charge is 2.12. The number of nitrogens with zero attached hydrogens (tertiary/aromatic N) is 2. The second-order valence-corrected chi connectivity index (χ2v) is 7.67. The fourth-order valence-corrected chi connectivity index (χ4v) is 3.59. The molecule has 0 atom stereocenters. The average molecular weight is 419 g/mol. The number of rotatable bonds is 7. The monoisotopic (exact) mass is 418 g/mol. The van der Waals surface area contributed by atoms with Crippen LogP contribution in [0.2, 0.25) is 5.02 Å². The zero-order valence-corrected chi connectivity index (χ0v) is 17.6. The first-order valence-electron chi connectivity index (χ1n) is 10.1. The van der Waals surface area contributed by atoms with E-state index < -0.39 is 0 Å². The molecule has 0 N–H and O–H groups in total. The second kappa shape index (κ2) is 9.14. The molecule has 4 nitrogen and oxygen atoms in total. The third kappa shape index (κ3) is 4.39. The molecule has 1 heterocycles. The van der Waals surface area contributed by atoms with Gasteiger partial charge in [-0.05, 0) is 67.8 Å². The summed E-state index contributed by atoms with van der Waals surface area (Å²) in [5.41, 5.74) is 2.67. The lowest BCUT2D eigenvalue weighted by Gasteiger charge is -2.14. The lowest BCUT2D eigenvalue weighted by molar-refractivity contribution is 0.301. The predicted octanol–water partition coefficient (Wildman–Crippen LogP) is 5.88. The molecule has 3 aromatic carbocycles. The standard InChI is InChI=1S/C25H23ClN2O2/c1-18-8-2-5-11-23(18)30-17-7-6-16-28-24(19-12-14-20(26)15-13-19)27-22-10-4-3-9-21(22)25(28)29/h2-5,8-15H,6-7,16-17H2,1H3. The Kier molecular flexibility index (Phi) is 6.15. The summed E-state index contributed by atoms with van der Waals surface area (Å²) < 4.78 is 7.65. The summed E-state index contributed by atoms with van der Waals surface area (Å²) in [6.45, 7) is 3.22. The summed E-state index contributed by atoms with van der Waals surface area (Å²) in [6, 6.07) is 22.9. The van der Waals surface area contributed by atoms with Crippen LogP contribution in [0.3, 0.4) is 0 Å². The fourth-order valence-electron chi connectivity index (χ4n) is 3.47. The summed E-state index contributed by atoms with van der Waals surface area (Å²) in [7, 11) is 0. The normalized spacial score (nSPS) is 11.0. The van der Waals surface area contributed by atoms with Crippen molar-refractivity contribution < 1.29 is 4.74 Å². The Bertz CT molecular complexity index is 1220. The number of hydrogen-bond acceptors (Lipinski definition) is 3. The molecule has 152 valence electrons. The molecule has 4 rings (SSSR count). The quantitative estimate of drug-likeness (QED) is 0.352. The summed E-state index contributed by atoms with van der Waals surface area (Å²) in [5, 5.41) is 1.29. The van der Waals surface area contributed by atoms with Gasteiger partial charge in [0.1, 0.15) is 11.6 Å². The maximum absolute atomic E-state index is 13.2. The van der Waals surface area contributed by atoms with E-state index in [1.807, 2.05) is 79.7 Å². The predicted molar refractivity (Wildman–Crippen MR) is 122 cm³/mol. The third-order valence-electron chi connectivity index (χ3n) is 5.09. The first-order chi connectivity index (χ1) is 14.6. The van der Waals surface area contributed by atoms with Crippen LogP contribution in [0.25, 0.3) is 22.3 Å². The average Bonchev–Trinajstić information content (AvgIpc) is 2.76. The van der Waals surface area contributed by atoms with Gasteiger partial charge in [0, 0.05) is 17.1 Å². The number of aryl methyl sites for hydroxylation is 1. The molecule has 0 aliphatic heterocycles. The third-order valence-corrected chi connectivity index (χ3v) is 5.34. The Morgan fingerprint density at radius 1 is 0.933 bits per heavy atom. The Morgan fingerprint density at radius 3 is 2.47 bits per heavy atom. The van der Waals surface area contributed by atoms with E-state index >= 15 is 0 Å². The Labute approximate surface area is 180 Å². The zero-order valence-electron chi connectivity index (χ0n) is 16.8. The minimum Gasteiger partial charge on any atom is -0.493 e. The van der Waals surface area contributed by atoms with E-state index in [2.05, 4.69) is 0 Å². The van der Waals surface area contributed by atoms with Gasteiger partial charge in [-0.2, -0.15) is 0 Å². The largest absolute Gasteiger partial charge is 0.493 e. The Hall–Kier alpha value is -3.11. The van der Waals surface area contributed by atoms with Crippen molar-refractivity contribution >= 4 is 22.5 Å². The number of fused-ring (bicyclic) bond motifs is 1. The van der Waals surface area contributed by atoms with Crippen LogP contribution in [-0.2, 0) is 6.54 Å². The lowest BCUT2D eigenvalue weighted by atomic mass is 10.1. The van der Waals surface area contributed by atoms with E-state index in [4.69, 9.17) is 21.3 Å². The number of para-hydroxylation sites is 2. The van der Waals surface area contributed by atoms with Crippen molar-refractivity contribution in [1.29, 1.82) is 0 Å². The van der Waals surface area contributed by atoms with Gasteiger partial charge in [-0.1, -0.05) is 41.9 Å². The van der Waals surface area contributed by atoms with Crippen molar-refractivity contribution in [2.24, 2.45) is 0 Å². The van der Waals surface area contributed by atoms with Crippen molar-refractivity contribution in [3.05, 3.63) is 93.7 Å². The number of benzene rings is 3. The SMILES string of the molecule is Cc1ccccc1OCCCCn1c(-c2ccc(Cl)cc2)nc2ccccc2c1=O. The molecule has 0 saturated heterocycles. The van der Waals surface area contributed by atoms with Crippen LogP contribution in [-0.4, -0.2) is 16.2 Å². The molecule has 0 aliphatic carbocycles. The van der Waals surface area contributed by atoms with Crippen molar-refractivity contribution in [2.45, 2.75) is 26.3 Å². The van der Waals surface area contributed by atoms with Gasteiger partial charge in [0.25, 0.3) is 5.56 Å². The molecule has 0 fully saturated rings. The Morgan fingerprint density at radius 2 is 1.67 bits per heavy atom. The van der Waals surface area contributed by atoms with Crippen LogP contribution < -0.4 is 10.3 Å². The maximum atomic E-state index is 13.2. The molecule has 0 bridgehead atoms. The molecular formula is C25H23ClN2O2. The Balaban J connectivity index is 1.55. The van der Waals surface area contributed by atoms with Crippen molar-refractivity contribution in [1.82, 2.24) is 9.55 Å². The molecule has 1 aromatic heterocycles. The number of halogens is 1. The van der Waals surface area contributed by atoms with Crippen LogP contribution in [0.5, 0.6) is 5.75 Å². The van der Waals surface area contributed by atoms with Gasteiger partial charge in [-0.25, -0.2) is 4.98 Å². The van der Waals surface area contributed by atoms with Crippen LogP contribution in [0.4, 0.5) is 0 Å². The van der Waals surface area contributed by atoms with E-state index in [1.54, 1.807) is 4.57 Å². The number of ether oxygens (including phenoxy) is 1. The van der Waals surface area contributed by atoms with Gasteiger partial charge in [0.15, 0.2) is 0 Å². The van der Waals surface area contributed by atoms with Gasteiger partial charge in [0.05, 0.1) is 17.5 Å². The van der Waals surface area contributed by atoms with Crippen molar-refractivity contribution in [3.8, 4) is 17.1 Å². The van der Waals surface area contributed by atoms with E-state index in [9.17, 15) is 4.79 Å². The van der Waals surface area contributed by atoms with Gasteiger partial charge < -0.3 is 4.74 Å². The van der Waals surface area contributed by atoms with E-state index in [-0.39, 0.29) is 5.56 Å². The fraction of sp³-hybridized carbons (Fsp3) is 0.200. The van der Waals surface area contributed by atoms with Gasteiger partial charge in [-0.3, -0.25) is 9.36 Å². The van der Waals surface area contributed by atoms with Crippen LogP contribution in [0.1, 0.15) is 18.4 Å². The number of aromatic nitrogens is 2. The highest BCUT2D eigenvalue weighted by Crippen LogP contribution is 2.22. The van der Waals surface area contributed by atoms with Gasteiger partial charge >= 0.3 is 0 Å². The minimum atomic E-state index is -0.0228. The molecule has 5 heteroatoms. The molecule has 0 saturated carbocycles. The van der Waals surface area contributed by atoms with Crippen molar-refractivity contribution in [3.63, 3.8) is 0 Å². The summed E-state index contributed by atoms with van der Waals surface area (Å²) >= 11 is 6.04. The molecule has 30 heavy (non-hydrogen) atoms. The molecule has 0 unspecified atom stereocenters. The summed E-state index contributed by atoms with van der Waals surface area (Å²) in [6.07, 6.45) is 1.65. The first kappa shape index (κ1) is 20.2.